The van der Waals surface area contributed by atoms with Crippen LogP contribution in [-0.4, -0.2) is 0 Å². The number of rotatable bonds is 1. The summed E-state index contributed by atoms with van der Waals surface area (Å²) in [6, 6.07) is 6.36. The molecule has 0 aliphatic rings. The van der Waals surface area contributed by atoms with Crippen molar-refractivity contribution < 1.29 is 0 Å². The molecule has 0 nitrogen and oxygen atoms in total. The summed E-state index contributed by atoms with van der Waals surface area (Å²) >= 11 is 2.36. The smallest absolute Gasteiger partial charge is 0.0162 e. The normalized spacial score (nSPS) is 10.6. The summed E-state index contributed by atoms with van der Waals surface area (Å²) in [6.45, 7) is 8.28. The van der Waals surface area contributed by atoms with Crippen LogP contribution in [0.25, 0.3) is 0 Å². The molecule has 1 rings (SSSR count). The Bertz CT molecular complexity index is 251. The molecule has 11 heavy (non-hydrogen) atoms. The summed E-state index contributed by atoms with van der Waals surface area (Å²) in [6.07, 6.45) is 0. The van der Waals surface area contributed by atoms with Crippen molar-refractivity contribution in [3.63, 3.8) is 0 Å². The fourth-order valence-corrected chi connectivity index (χ4v) is 1.68. The minimum absolute atomic E-state index is 0.393. The summed E-state index contributed by atoms with van der Waals surface area (Å²) < 4.78 is 1.33. The lowest BCUT2D eigenvalue weighted by molar-refractivity contribution is 0.946. The van der Waals surface area contributed by atoms with E-state index in [2.05, 4.69) is 61.6 Å². The molecule has 1 atom stereocenters. The average molecular weight is 259 g/mol. The first kappa shape index (κ1) is 9.04. The Morgan fingerprint density at radius 2 is 2.09 bits per heavy atom. The summed E-state index contributed by atoms with van der Waals surface area (Å²) in [5.41, 5.74) is 2.73. The van der Waals surface area contributed by atoms with Crippen molar-refractivity contribution in [2.24, 2.45) is 0 Å². The lowest BCUT2D eigenvalue weighted by atomic mass is 9.98. The van der Waals surface area contributed by atoms with Crippen LogP contribution in [0.1, 0.15) is 24.0 Å². The van der Waals surface area contributed by atoms with Crippen LogP contribution in [-0.2, 0) is 0 Å². The van der Waals surface area contributed by atoms with Crippen LogP contribution in [0, 0.1) is 17.4 Å². The topological polar surface area (TPSA) is 0 Å². The first-order valence-corrected chi connectivity index (χ1v) is 4.79. The predicted molar refractivity (Wildman–Crippen MR) is 57.7 cm³/mol. The van der Waals surface area contributed by atoms with Crippen LogP contribution in [0.5, 0.6) is 0 Å². The van der Waals surface area contributed by atoms with Crippen molar-refractivity contribution in [1.82, 2.24) is 0 Å². The molecule has 0 aromatic heterocycles. The van der Waals surface area contributed by atoms with Gasteiger partial charge in [0, 0.05) is 3.57 Å². The van der Waals surface area contributed by atoms with Gasteiger partial charge in [0.25, 0.3) is 0 Å². The maximum atomic E-state index is 4.01. The zero-order valence-electron chi connectivity index (χ0n) is 6.89. The Morgan fingerprint density at radius 1 is 1.45 bits per heavy atom. The standard InChI is InChI=1S/C10H12I/c1-7(2)9-5-4-6-10(11)8(9)3/h4-7H,1H2,2-3H3. The van der Waals surface area contributed by atoms with Crippen LogP contribution < -0.4 is 0 Å². The van der Waals surface area contributed by atoms with Crippen LogP contribution in [0.3, 0.4) is 0 Å². The van der Waals surface area contributed by atoms with Crippen molar-refractivity contribution >= 4 is 22.6 Å². The molecule has 1 aromatic carbocycles. The summed E-state index contributed by atoms with van der Waals surface area (Å²) in [7, 11) is 0. The quantitative estimate of drug-likeness (QED) is 0.677. The average Bonchev–Trinajstić information content (AvgIpc) is 1.94. The first-order chi connectivity index (χ1) is 5.13. The van der Waals surface area contributed by atoms with Gasteiger partial charge in [-0.1, -0.05) is 19.1 Å². The highest BCUT2D eigenvalue weighted by atomic mass is 127. The highest BCUT2D eigenvalue weighted by molar-refractivity contribution is 14.1. The maximum absolute atomic E-state index is 4.01. The summed E-state index contributed by atoms with van der Waals surface area (Å²) in [4.78, 5) is 0. The van der Waals surface area contributed by atoms with Gasteiger partial charge >= 0.3 is 0 Å². The molecule has 0 saturated heterocycles. The van der Waals surface area contributed by atoms with Crippen LogP contribution in [0.15, 0.2) is 18.2 Å². The number of hydrogen-bond donors (Lipinski definition) is 0. The first-order valence-electron chi connectivity index (χ1n) is 3.71. The molecule has 59 valence electrons. The van der Waals surface area contributed by atoms with E-state index in [0.29, 0.717) is 5.92 Å². The van der Waals surface area contributed by atoms with Gasteiger partial charge in [-0.2, -0.15) is 0 Å². The molecule has 1 heteroatoms. The van der Waals surface area contributed by atoms with Crippen LogP contribution >= 0.6 is 22.6 Å². The zero-order chi connectivity index (χ0) is 8.43. The Hall–Kier alpha value is -0.0500. The third-order valence-electron chi connectivity index (χ3n) is 1.84. The monoisotopic (exact) mass is 259 g/mol. The Labute approximate surface area is 82.2 Å². The van der Waals surface area contributed by atoms with E-state index in [1.54, 1.807) is 0 Å². The van der Waals surface area contributed by atoms with E-state index in [1.165, 1.54) is 14.7 Å². The van der Waals surface area contributed by atoms with Gasteiger partial charge in [0.2, 0.25) is 0 Å². The fourth-order valence-electron chi connectivity index (χ4n) is 1.16. The molecule has 0 N–H and O–H groups in total. The molecule has 1 radical (unpaired) electrons. The summed E-state index contributed by atoms with van der Waals surface area (Å²) in [5, 5.41) is 0. The highest BCUT2D eigenvalue weighted by Gasteiger charge is 2.04. The Morgan fingerprint density at radius 3 is 2.55 bits per heavy atom. The van der Waals surface area contributed by atoms with Crippen molar-refractivity contribution in [3.05, 3.63) is 39.8 Å². The van der Waals surface area contributed by atoms with Gasteiger partial charge < -0.3 is 0 Å². The van der Waals surface area contributed by atoms with E-state index in [9.17, 15) is 0 Å². The molecule has 1 unspecified atom stereocenters. The lowest BCUT2D eigenvalue weighted by Crippen LogP contribution is -1.93. The highest BCUT2D eigenvalue weighted by Crippen LogP contribution is 2.22. The molecule has 0 bridgehead atoms. The number of halogens is 1. The van der Waals surface area contributed by atoms with Gasteiger partial charge in [-0.05, 0) is 59.5 Å². The van der Waals surface area contributed by atoms with Gasteiger partial charge in [-0.15, -0.1) is 0 Å². The molecule has 0 saturated carbocycles. The Balaban J connectivity index is 3.17. The van der Waals surface area contributed by atoms with Gasteiger partial charge in [0.1, 0.15) is 0 Å². The second kappa shape index (κ2) is 3.57. The van der Waals surface area contributed by atoms with Crippen LogP contribution in [0.2, 0.25) is 0 Å². The van der Waals surface area contributed by atoms with Crippen molar-refractivity contribution in [2.75, 3.05) is 0 Å². The minimum Gasteiger partial charge on any atom is -0.0609 e. The van der Waals surface area contributed by atoms with Crippen molar-refractivity contribution in [3.8, 4) is 0 Å². The molecule has 1 aromatic rings. The second-order valence-corrected chi connectivity index (χ2v) is 4.02. The molecule has 0 aliphatic heterocycles. The molecule has 0 aliphatic carbocycles. The maximum Gasteiger partial charge on any atom is 0.0162 e. The third kappa shape index (κ3) is 1.95. The fraction of sp³-hybridized carbons (Fsp3) is 0.300. The third-order valence-corrected chi connectivity index (χ3v) is 3.01. The Kier molecular flexibility index (Phi) is 2.93. The van der Waals surface area contributed by atoms with E-state index in [4.69, 9.17) is 0 Å². The van der Waals surface area contributed by atoms with Gasteiger partial charge in [-0.25, -0.2) is 0 Å². The lowest BCUT2D eigenvalue weighted by Gasteiger charge is -2.09. The van der Waals surface area contributed by atoms with Crippen LogP contribution in [0.4, 0.5) is 0 Å². The van der Waals surface area contributed by atoms with E-state index in [0.717, 1.165) is 0 Å². The molecule has 0 heterocycles. The largest absolute Gasteiger partial charge is 0.0609 e. The molecule has 0 spiro atoms. The SMILES string of the molecule is [CH2]C(C)c1cccc(I)c1C. The second-order valence-electron chi connectivity index (χ2n) is 2.86. The molecular formula is C10H12I. The van der Waals surface area contributed by atoms with E-state index < -0.39 is 0 Å². The van der Waals surface area contributed by atoms with Gasteiger partial charge in [-0.3, -0.25) is 0 Å². The number of hydrogen-bond acceptors (Lipinski definition) is 0. The van der Waals surface area contributed by atoms with E-state index in [1.807, 2.05) is 0 Å². The van der Waals surface area contributed by atoms with Crippen molar-refractivity contribution in [1.29, 1.82) is 0 Å². The van der Waals surface area contributed by atoms with Crippen molar-refractivity contribution in [2.45, 2.75) is 19.8 Å². The molecule has 0 amide bonds. The zero-order valence-corrected chi connectivity index (χ0v) is 9.05. The number of benzene rings is 1. The van der Waals surface area contributed by atoms with E-state index in [-0.39, 0.29) is 0 Å². The predicted octanol–water partition coefficient (Wildman–Crippen LogP) is 3.54. The molecule has 0 fully saturated rings. The van der Waals surface area contributed by atoms with E-state index >= 15 is 0 Å². The van der Waals surface area contributed by atoms with Gasteiger partial charge in [0.05, 0.1) is 0 Å². The molecular weight excluding hydrogens is 247 g/mol. The van der Waals surface area contributed by atoms with Gasteiger partial charge in [0.15, 0.2) is 0 Å². The summed E-state index contributed by atoms with van der Waals surface area (Å²) in [5.74, 6) is 0.393. The minimum atomic E-state index is 0.393.